The van der Waals surface area contributed by atoms with Crippen LogP contribution in [0.1, 0.15) is 12.5 Å². The Morgan fingerprint density at radius 2 is 1.63 bits per heavy atom. The molecule has 0 aliphatic heterocycles. The smallest absolute Gasteiger partial charge is 0.308 e. The highest BCUT2D eigenvalue weighted by atomic mass is 19.1. The normalized spacial score (nSPS) is 10.0. The molecule has 0 radical (unpaired) electrons. The van der Waals surface area contributed by atoms with Gasteiger partial charge in [0.05, 0.1) is 0 Å². The molecule has 0 saturated carbocycles. The van der Waals surface area contributed by atoms with Gasteiger partial charge in [0.2, 0.25) is 0 Å². The van der Waals surface area contributed by atoms with Crippen LogP contribution in [0.3, 0.4) is 0 Å². The first-order valence-electron chi connectivity index (χ1n) is 5.81. The van der Waals surface area contributed by atoms with Gasteiger partial charge in [0.1, 0.15) is 11.6 Å². The fourth-order valence-corrected chi connectivity index (χ4v) is 1.87. The monoisotopic (exact) mass is 256 g/mol. The van der Waals surface area contributed by atoms with Crippen LogP contribution in [-0.2, 0) is 9.53 Å². The van der Waals surface area contributed by atoms with E-state index < -0.39 is 5.97 Å². The van der Waals surface area contributed by atoms with Crippen molar-refractivity contribution in [1.82, 2.24) is 0 Å². The first kappa shape index (κ1) is 13.0. The number of rotatable bonds is 3. The molecule has 19 heavy (non-hydrogen) atoms. The molecule has 2 rings (SSSR count). The molecule has 96 valence electrons. The Balaban J connectivity index is 2.51. The van der Waals surface area contributed by atoms with Crippen LogP contribution in [0.15, 0.2) is 55.1 Å². The fourth-order valence-electron chi connectivity index (χ4n) is 1.87. The van der Waals surface area contributed by atoms with Gasteiger partial charge < -0.3 is 4.74 Å². The molecule has 2 aromatic rings. The Labute approximate surface area is 111 Å². The van der Waals surface area contributed by atoms with E-state index in [0.717, 1.165) is 0 Å². The molecule has 0 spiro atoms. The number of halogens is 1. The minimum absolute atomic E-state index is 0.214. The number of carbonyl (C=O) groups is 1. The maximum Gasteiger partial charge on any atom is 0.308 e. The van der Waals surface area contributed by atoms with Gasteiger partial charge in [-0.25, -0.2) is 4.39 Å². The number of esters is 1. The van der Waals surface area contributed by atoms with E-state index in [1.165, 1.54) is 13.0 Å². The molecule has 0 amide bonds. The first-order valence-corrected chi connectivity index (χ1v) is 5.81. The lowest BCUT2D eigenvalue weighted by atomic mass is 9.98. The van der Waals surface area contributed by atoms with E-state index in [0.29, 0.717) is 16.7 Å². The molecule has 2 aromatic carbocycles. The molecule has 0 fully saturated rings. The highest BCUT2D eigenvalue weighted by molar-refractivity contribution is 5.83. The maximum atomic E-state index is 13.8. The highest BCUT2D eigenvalue weighted by Crippen LogP contribution is 2.30. The molecular weight excluding hydrogens is 243 g/mol. The van der Waals surface area contributed by atoms with Crippen LogP contribution >= 0.6 is 0 Å². The predicted molar refractivity (Wildman–Crippen MR) is 72.6 cm³/mol. The zero-order valence-electron chi connectivity index (χ0n) is 10.5. The summed E-state index contributed by atoms with van der Waals surface area (Å²) in [5, 5.41) is 0. The molecule has 0 aromatic heterocycles. The molecule has 3 heteroatoms. The second kappa shape index (κ2) is 5.48. The van der Waals surface area contributed by atoms with Crippen molar-refractivity contribution < 1.29 is 13.9 Å². The minimum atomic E-state index is -0.451. The van der Waals surface area contributed by atoms with Crippen molar-refractivity contribution in [3.8, 4) is 11.1 Å². The third kappa shape index (κ3) is 2.88. The summed E-state index contributed by atoms with van der Waals surface area (Å²) in [4.78, 5) is 11.0. The molecule has 2 nitrogen and oxygen atoms in total. The quantitative estimate of drug-likeness (QED) is 0.612. The summed E-state index contributed by atoms with van der Waals surface area (Å²) >= 11 is 0. The molecule has 0 bridgehead atoms. The third-order valence-electron chi connectivity index (χ3n) is 2.66. The lowest BCUT2D eigenvalue weighted by Gasteiger charge is -2.12. The van der Waals surface area contributed by atoms with Gasteiger partial charge in [0.25, 0.3) is 0 Å². The Kier molecular flexibility index (Phi) is 3.76. The Hall–Kier alpha value is -2.42. The number of hydrogen-bond donors (Lipinski definition) is 0. The highest BCUT2D eigenvalue weighted by Gasteiger charge is 2.12. The molecule has 0 atom stereocenters. The molecule has 0 unspecified atom stereocenters. The van der Waals surface area contributed by atoms with E-state index >= 15 is 0 Å². The zero-order chi connectivity index (χ0) is 13.8. The number of ether oxygens (including phenoxy) is 1. The van der Waals surface area contributed by atoms with Gasteiger partial charge >= 0.3 is 5.97 Å². The summed E-state index contributed by atoms with van der Waals surface area (Å²) in [6.07, 6.45) is 0. The fraction of sp³-hybridized carbons (Fsp3) is 0.0625. The van der Waals surface area contributed by atoms with E-state index in [-0.39, 0.29) is 11.6 Å². The minimum Gasteiger partial charge on any atom is -0.427 e. The number of benzene rings is 2. The second-order valence-corrected chi connectivity index (χ2v) is 4.04. The summed E-state index contributed by atoms with van der Waals surface area (Å²) in [6, 6.07) is 13.5. The largest absolute Gasteiger partial charge is 0.427 e. The molecule has 0 N–H and O–H groups in total. The van der Waals surface area contributed by atoms with Crippen molar-refractivity contribution in [2.75, 3.05) is 0 Å². The Morgan fingerprint density at radius 3 is 2.26 bits per heavy atom. The number of carbonyl (C=O) groups excluding carboxylic acids is 1. The van der Waals surface area contributed by atoms with Crippen LogP contribution < -0.4 is 0 Å². The van der Waals surface area contributed by atoms with Crippen LogP contribution in [0, 0.1) is 5.82 Å². The van der Waals surface area contributed by atoms with Crippen molar-refractivity contribution in [3.63, 3.8) is 0 Å². The summed E-state index contributed by atoms with van der Waals surface area (Å²) in [7, 11) is 0. The van der Waals surface area contributed by atoms with Gasteiger partial charge in [-0.3, -0.25) is 4.79 Å². The van der Waals surface area contributed by atoms with E-state index in [2.05, 4.69) is 6.58 Å². The molecule has 0 heterocycles. The van der Waals surface area contributed by atoms with E-state index in [9.17, 15) is 9.18 Å². The SMILES string of the molecule is C=C(OC(C)=O)c1ccccc1-c1ccccc1F. The van der Waals surface area contributed by atoms with Gasteiger partial charge in [-0.2, -0.15) is 0 Å². The van der Waals surface area contributed by atoms with Gasteiger partial charge in [-0.05, 0) is 11.6 Å². The van der Waals surface area contributed by atoms with Crippen LogP contribution in [-0.4, -0.2) is 5.97 Å². The van der Waals surface area contributed by atoms with E-state index in [1.54, 1.807) is 42.5 Å². The van der Waals surface area contributed by atoms with Crippen molar-refractivity contribution in [1.29, 1.82) is 0 Å². The predicted octanol–water partition coefficient (Wildman–Crippen LogP) is 4.03. The first-order chi connectivity index (χ1) is 9.09. The zero-order valence-corrected chi connectivity index (χ0v) is 10.5. The summed E-state index contributed by atoms with van der Waals surface area (Å²) in [5.41, 5.74) is 1.70. The maximum absolute atomic E-state index is 13.8. The van der Waals surface area contributed by atoms with Gasteiger partial charge in [0, 0.05) is 18.1 Å². The van der Waals surface area contributed by atoms with Gasteiger partial charge in [-0.15, -0.1) is 0 Å². The average molecular weight is 256 g/mol. The molecular formula is C16H13FO2. The van der Waals surface area contributed by atoms with Crippen molar-refractivity contribution >= 4 is 11.7 Å². The summed E-state index contributed by atoms with van der Waals surface area (Å²) in [5.74, 6) is -0.565. The van der Waals surface area contributed by atoms with Gasteiger partial charge in [-0.1, -0.05) is 49.0 Å². The van der Waals surface area contributed by atoms with Gasteiger partial charge in [0.15, 0.2) is 0 Å². The topological polar surface area (TPSA) is 26.3 Å². The van der Waals surface area contributed by atoms with E-state index in [4.69, 9.17) is 4.74 Å². The molecule has 0 aliphatic rings. The average Bonchev–Trinajstić information content (AvgIpc) is 2.38. The van der Waals surface area contributed by atoms with Crippen LogP contribution in [0.25, 0.3) is 16.9 Å². The Bertz CT molecular complexity index is 632. The third-order valence-corrected chi connectivity index (χ3v) is 2.66. The van der Waals surface area contributed by atoms with Crippen molar-refractivity contribution in [3.05, 3.63) is 66.5 Å². The van der Waals surface area contributed by atoms with Crippen LogP contribution in [0.2, 0.25) is 0 Å². The van der Waals surface area contributed by atoms with Crippen LogP contribution in [0.5, 0.6) is 0 Å². The standard InChI is InChI=1S/C16H13FO2/c1-11(19-12(2)18)13-7-3-4-8-14(13)15-9-5-6-10-16(15)17/h3-10H,1H2,2H3. The molecule has 0 saturated heterocycles. The number of hydrogen-bond acceptors (Lipinski definition) is 2. The van der Waals surface area contributed by atoms with Crippen LogP contribution in [0.4, 0.5) is 4.39 Å². The summed E-state index contributed by atoms with van der Waals surface area (Å²) < 4.78 is 18.8. The summed E-state index contributed by atoms with van der Waals surface area (Å²) in [6.45, 7) is 5.02. The molecule has 0 aliphatic carbocycles. The van der Waals surface area contributed by atoms with Crippen molar-refractivity contribution in [2.24, 2.45) is 0 Å². The lowest BCUT2D eigenvalue weighted by molar-refractivity contribution is -0.134. The second-order valence-electron chi connectivity index (χ2n) is 4.04. The van der Waals surface area contributed by atoms with E-state index in [1.807, 2.05) is 0 Å². The Morgan fingerprint density at radius 1 is 1.05 bits per heavy atom. The van der Waals surface area contributed by atoms with Crippen molar-refractivity contribution in [2.45, 2.75) is 6.92 Å². The lowest BCUT2D eigenvalue weighted by Crippen LogP contribution is -1.99.